The van der Waals surface area contributed by atoms with Crippen LogP contribution in [0.15, 0.2) is 115 Å². The van der Waals surface area contributed by atoms with Gasteiger partial charge >= 0.3 is 0 Å². The van der Waals surface area contributed by atoms with Gasteiger partial charge in [-0.3, -0.25) is 20.1 Å². The molecular formula is C27H27Br2N9. The molecule has 0 radical (unpaired) electrons. The highest BCUT2D eigenvalue weighted by Gasteiger charge is 1.97. The molecule has 0 saturated carbocycles. The second kappa shape index (κ2) is 16.0. The Bertz CT molecular complexity index is 1400. The molecule has 1 N–H and O–H groups in total. The van der Waals surface area contributed by atoms with Crippen molar-refractivity contribution in [2.75, 3.05) is 0 Å². The Hall–Kier alpha value is -3.96. The van der Waals surface area contributed by atoms with E-state index in [0.717, 1.165) is 38.3 Å². The molecule has 0 amide bonds. The van der Waals surface area contributed by atoms with Crippen molar-refractivity contribution in [3.8, 4) is 11.4 Å². The van der Waals surface area contributed by atoms with Crippen molar-refractivity contribution in [3.05, 3.63) is 132 Å². The van der Waals surface area contributed by atoms with Crippen molar-refractivity contribution in [2.24, 2.45) is 0 Å². The molecule has 0 spiro atoms. The molecule has 0 aromatic carbocycles. The van der Waals surface area contributed by atoms with Crippen LogP contribution >= 0.6 is 31.9 Å². The van der Waals surface area contributed by atoms with E-state index in [-0.39, 0.29) is 0 Å². The first kappa shape index (κ1) is 28.6. The first-order valence-corrected chi connectivity index (χ1v) is 13.4. The zero-order valence-corrected chi connectivity index (χ0v) is 24.1. The largest absolute Gasteiger partial charge is 0.286 e. The van der Waals surface area contributed by atoms with Crippen LogP contribution in [0.4, 0.5) is 0 Å². The van der Waals surface area contributed by atoms with E-state index in [1.807, 2.05) is 90.2 Å². The van der Waals surface area contributed by atoms with Gasteiger partial charge in [0.2, 0.25) is 0 Å². The van der Waals surface area contributed by atoms with Crippen LogP contribution < -0.4 is 0 Å². The number of aryl methyl sites for hydroxylation is 2. The monoisotopic (exact) mass is 635 g/mol. The smallest absolute Gasteiger partial charge is 0.0679 e. The summed E-state index contributed by atoms with van der Waals surface area (Å²) in [7, 11) is 0. The van der Waals surface area contributed by atoms with Gasteiger partial charge in [-0.05, 0) is 68.4 Å². The third-order valence-electron chi connectivity index (χ3n) is 4.62. The molecule has 6 aromatic heterocycles. The molecule has 0 aliphatic carbocycles. The number of nitrogens with zero attached hydrogens (tertiary/aromatic N) is 8. The Morgan fingerprint density at radius 1 is 0.711 bits per heavy atom. The number of aromatic nitrogens is 9. The maximum Gasteiger partial charge on any atom is 0.0679 e. The first-order chi connectivity index (χ1) is 18.5. The summed E-state index contributed by atoms with van der Waals surface area (Å²) in [5.74, 6) is 0. The number of hydrogen-bond acceptors (Lipinski definition) is 6. The zero-order chi connectivity index (χ0) is 27.0. The molecule has 0 aliphatic heterocycles. The van der Waals surface area contributed by atoms with E-state index in [1.54, 1.807) is 43.4 Å². The number of pyridine rings is 3. The average molecular weight is 637 g/mol. The number of hydrogen-bond donors (Lipinski definition) is 1. The van der Waals surface area contributed by atoms with Crippen LogP contribution in [0.2, 0.25) is 0 Å². The Morgan fingerprint density at radius 2 is 1.32 bits per heavy atom. The van der Waals surface area contributed by atoms with Gasteiger partial charge in [0.05, 0.1) is 17.1 Å². The lowest BCUT2D eigenvalue weighted by Crippen LogP contribution is -1.95. The Balaban J connectivity index is 0.000000148. The maximum absolute atomic E-state index is 4.18. The number of rotatable bonds is 3. The van der Waals surface area contributed by atoms with Crippen molar-refractivity contribution < 1.29 is 0 Å². The summed E-state index contributed by atoms with van der Waals surface area (Å²) >= 11 is 6.68. The van der Waals surface area contributed by atoms with Gasteiger partial charge in [-0.15, -0.1) is 0 Å². The second-order valence-electron chi connectivity index (χ2n) is 7.58. The van der Waals surface area contributed by atoms with Crippen LogP contribution in [0.3, 0.4) is 0 Å². The molecule has 0 fully saturated rings. The lowest BCUT2D eigenvalue weighted by Gasteiger charge is -2.01. The van der Waals surface area contributed by atoms with Crippen LogP contribution in [-0.4, -0.2) is 44.7 Å². The molecule has 11 heteroatoms. The molecule has 0 aliphatic rings. The minimum atomic E-state index is 0.766. The fraction of sp³-hybridized carbons (Fsp3) is 0.111. The molecule has 0 atom stereocenters. The molecule has 6 rings (SSSR count). The summed E-state index contributed by atoms with van der Waals surface area (Å²) in [5.41, 5.74) is 5.14. The van der Waals surface area contributed by atoms with Crippen LogP contribution in [-0.2, 0) is 5.33 Å². The molecule has 38 heavy (non-hydrogen) atoms. The van der Waals surface area contributed by atoms with Gasteiger partial charge in [0.15, 0.2) is 0 Å². The second-order valence-corrected chi connectivity index (χ2v) is 9.05. The summed E-state index contributed by atoms with van der Waals surface area (Å²) in [6.45, 7) is 3.93. The van der Waals surface area contributed by atoms with Crippen LogP contribution in [0.5, 0.6) is 0 Å². The normalized spacial score (nSPS) is 9.68. The standard InChI is InChI=1S/C9H8BrN3.C9H9N3.C6H6BrN.C3H4N2/c10-7-8-6-9(2-4-11-8)13-5-1-3-12-13;1-8-7-9(3-5-10-8)12-6-2-4-11-12;1-5-4-6(7)2-3-8-5;1-2-4-5-3-1/h1-6H,7H2;2-7H,1H3;2-4H,1H3;1-3H,(H,4,5). The fourth-order valence-corrected chi connectivity index (χ4v) is 3.68. The highest BCUT2D eigenvalue weighted by Crippen LogP contribution is 2.09. The molecule has 0 unspecified atom stereocenters. The van der Waals surface area contributed by atoms with E-state index in [2.05, 4.69) is 67.2 Å². The summed E-state index contributed by atoms with van der Waals surface area (Å²) < 4.78 is 4.72. The van der Waals surface area contributed by atoms with E-state index >= 15 is 0 Å². The lowest BCUT2D eigenvalue weighted by molar-refractivity contribution is 0.874. The van der Waals surface area contributed by atoms with Crippen molar-refractivity contribution >= 4 is 31.9 Å². The number of H-pyrrole nitrogens is 1. The minimum Gasteiger partial charge on any atom is -0.286 e. The van der Waals surface area contributed by atoms with E-state index in [4.69, 9.17) is 0 Å². The number of halogens is 2. The van der Waals surface area contributed by atoms with Crippen molar-refractivity contribution in [3.63, 3.8) is 0 Å². The molecule has 9 nitrogen and oxygen atoms in total. The molecule has 194 valence electrons. The molecule has 0 bridgehead atoms. The minimum absolute atomic E-state index is 0.766. The predicted octanol–water partition coefficient (Wildman–Crippen LogP) is 6.30. The first-order valence-electron chi connectivity index (χ1n) is 11.5. The van der Waals surface area contributed by atoms with E-state index in [9.17, 15) is 0 Å². The van der Waals surface area contributed by atoms with Crippen LogP contribution in [0.1, 0.15) is 17.1 Å². The van der Waals surface area contributed by atoms with Gasteiger partial charge in [0, 0.05) is 77.0 Å². The van der Waals surface area contributed by atoms with Crippen LogP contribution in [0, 0.1) is 13.8 Å². The number of aromatic amines is 1. The van der Waals surface area contributed by atoms with E-state index in [1.165, 1.54) is 0 Å². The Morgan fingerprint density at radius 3 is 1.74 bits per heavy atom. The van der Waals surface area contributed by atoms with Gasteiger partial charge in [0.1, 0.15) is 0 Å². The highest BCUT2D eigenvalue weighted by atomic mass is 79.9. The zero-order valence-electron chi connectivity index (χ0n) is 20.9. The van der Waals surface area contributed by atoms with Crippen LogP contribution in [0.25, 0.3) is 11.4 Å². The van der Waals surface area contributed by atoms with E-state index in [0.29, 0.717) is 0 Å². The molecular weight excluding hydrogens is 610 g/mol. The summed E-state index contributed by atoms with van der Waals surface area (Å²) in [6, 6.07) is 17.4. The summed E-state index contributed by atoms with van der Waals surface area (Å²) in [6.07, 6.45) is 16.1. The fourth-order valence-electron chi connectivity index (χ4n) is 2.92. The van der Waals surface area contributed by atoms with Gasteiger partial charge < -0.3 is 0 Å². The maximum atomic E-state index is 4.18. The quantitative estimate of drug-likeness (QED) is 0.229. The predicted molar refractivity (Wildman–Crippen MR) is 155 cm³/mol. The van der Waals surface area contributed by atoms with Crippen molar-refractivity contribution in [1.29, 1.82) is 0 Å². The summed E-state index contributed by atoms with van der Waals surface area (Å²) in [4.78, 5) is 12.3. The number of nitrogens with one attached hydrogen (secondary N) is 1. The lowest BCUT2D eigenvalue weighted by atomic mass is 10.3. The molecule has 6 heterocycles. The van der Waals surface area contributed by atoms with Crippen molar-refractivity contribution in [1.82, 2.24) is 44.7 Å². The highest BCUT2D eigenvalue weighted by molar-refractivity contribution is 9.10. The molecule has 0 saturated heterocycles. The third-order valence-corrected chi connectivity index (χ3v) is 5.69. The average Bonchev–Trinajstić information content (AvgIpc) is 3.75. The van der Waals surface area contributed by atoms with Gasteiger partial charge in [-0.1, -0.05) is 31.9 Å². The van der Waals surface area contributed by atoms with Crippen molar-refractivity contribution in [2.45, 2.75) is 19.2 Å². The Labute approximate surface area is 238 Å². The van der Waals surface area contributed by atoms with Gasteiger partial charge in [-0.25, -0.2) is 9.36 Å². The van der Waals surface area contributed by atoms with Gasteiger partial charge in [-0.2, -0.15) is 15.3 Å². The van der Waals surface area contributed by atoms with E-state index < -0.39 is 0 Å². The third kappa shape index (κ3) is 10.2. The topological polar surface area (TPSA) is 103 Å². The number of alkyl halides is 1. The molecule has 6 aromatic rings. The SMILES string of the molecule is BrCc1cc(-n2cccn2)ccn1.Cc1cc(-n2cccn2)ccn1.Cc1cc(Br)ccn1.c1cn[nH]c1. The summed E-state index contributed by atoms with van der Waals surface area (Å²) in [5, 5.41) is 15.2. The Kier molecular flexibility index (Phi) is 12.0. The van der Waals surface area contributed by atoms with Gasteiger partial charge in [0.25, 0.3) is 0 Å².